The molecule has 0 aromatic heterocycles. The molecule has 0 aliphatic carbocycles. The van der Waals surface area contributed by atoms with E-state index in [1.165, 1.54) is 0 Å². The molecule has 1 rings (SSSR count). The minimum absolute atomic E-state index is 0.222. The average molecular weight is 208 g/mol. The summed E-state index contributed by atoms with van der Waals surface area (Å²) in [7, 11) is 3.63. The van der Waals surface area contributed by atoms with E-state index in [4.69, 9.17) is 10.8 Å². The summed E-state index contributed by atoms with van der Waals surface area (Å²) in [4.78, 5) is 12.9. The molecule has 1 atom stereocenters. The summed E-state index contributed by atoms with van der Waals surface area (Å²) in [6.45, 7) is 0. The van der Waals surface area contributed by atoms with Gasteiger partial charge in [0, 0.05) is 0 Å². The Balaban J connectivity index is 2.74. The number of rotatable bonds is 4. The molecule has 1 unspecified atom stereocenters. The molecular formula is C11H16N2O2. The second kappa shape index (κ2) is 4.79. The Kier molecular flexibility index (Phi) is 3.68. The molecule has 0 heterocycles. The number of phenols is 1. The molecule has 4 nitrogen and oxygen atoms in total. The Morgan fingerprint density at radius 3 is 2.33 bits per heavy atom. The van der Waals surface area contributed by atoms with Gasteiger partial charge in [0.25, 0.3) is 0 Å². The van der Waals surface area contributed by atoms with Gasteiger partial charge in [-0.15, -0.1) is 0 Å². The summed E-state index contributed by atoms with van der Waals surface area (Å²) in [5, 5.41) is 9.11. The highest BCUT2D eigenvalue weighted by Crippen LogP contribution is 2.12. The van der Waals surface area contributed by atoms with E-state index in [-0.39, 0.29) is 17.7 Å². The van der Waals surface area contributed by atoms with Crippen LogP contribution in [-0.2, 0) is 11.2 Å². The number of nitrogens with zero attached hydrogens (tertiary/aromatic N) is 1. The molecule has 0 aliphatic rings. The number of aromatic hydroxyl groups is 1. The van der Waals surface area contributed by atoms with Crippen molar-refractivity contribution in [3.05, 3.63) is 29.8 Å². The monoisotopic (exact) mass is 208 g/mol. The third-order valence-corrected chi connectivity index (χ3v) is 2.32. The predicted molar refractivity (Wildman–Crippen MR) is 58.5 cm³/mol. The number of hydrogen-bond acceptors (Lipinski definition) is 3. The van der Waals surface area contributed by atoms with Gasteiger partial charge in [0.1, 0.15) is 5.75 Å². The normalized spacial score (nSPS) is 12.7. The lowest BCUT2D eigenvalue weighted by molar-refractivity contribution is -0.122. The lowest BCUT2D eigenvalue weighted by Crippen LogP contribution is -2.41. The van der Waals surface area contributed by atoms with Gasteiger partial charge in [0.2, 0.25) is 5.91 Å². The lowest BCUT2D eigenvalue weighted by Gasteiger charge is -2.20. The third-order valence-electron chi connectivity index (χ3n) is 2.32. The fourth-order valence-electron chi connectivity index (χ4n) is 1.39. The number of carbonyl (C=O) groups is 1. The summed E-state index contributed by atoms with van der Waals surface area (Å²) < 4.78 is 0. The van der Waals surface area contributed by atoms with E-state index in [1.54, 1.807) is 29.2 Å². The van der Waals surface area contributed by atoms with E-state index < -0.39 is 0 Å². The second-order valence-corrected chi connectivity index (χ2v) is 3.75. The third kappa shape index (κ3) is 3.25. The van der Waals surface area contributed by atoms with Crippen LogP contribution >= 0.6 is 0 Å². The van der Waals surface area contributed by atoms with E-state index >= 15 is 0 Å². The SMILES string of the molecule is CN(C)C(Cc1ccc(O)cc1)C(N)=O. The second-order valence-electron chi connectivity index (χ2n) is 3.75. The van der Waals surface area contributed by atoms with Crippen molar-refractivity contribution in [2.75, 3.05) is 14.1 Å². The minimum atomic E-state index is -0.340. The van der Waals surface area contributed by atoms with Gasteiger partial charge in [-0.2, -0.15) is 0 Å². The molecule has 82 valence electrons. The van der Waals surface area contributed by atoms with Crippen molar-refractivity contribution in [1.29, 1.82) is 0 Å². The molecular weight excluding hydrogens is 192 g/mol. The molecule has 4 heteroatoms. The fourth-order valence-corrected chi connectivity index (χ4v) is 1.39. The Morgan fingerprint density at radius 1 is 1.40 bits per heavy atom. The van der Waals surface area contributed by atoms with E-state index in [9.17, 15) is 4.79 Å². The maximum atomic E-state index is 11.1. The number of carbonyl (C=O) groups excluding carboxylic acids is 1. The van der Waals surface area contributed by atoms with Crippen molar-refractivity contribution < 1.29 is 9.90 Å². The van der Waals surface area contributed by atoms with Crippen LogP contribution in [0.15, 0.2) is 24.3 Å². The van der Waals surface area contributed by atoms with E-state index in [1.807, 2.05) is 14.1 Å². The zero-order chi connectivity index (χ0) is 11.4. The Labute approximate surface area is 89.3 Å². The van der Waals surface area contributed by atoms with Crippen LogP contribution < -0.4 is 5.73 Å². The first-order chi connectivity index (χ1) is 7.00. The first-order valence-corrected chi connectivity index (χ1v) is 4.74. The van der Waals surface area contributed by atoms with Gasteiger partial charge >= 0.3 is 0 Å². The molecule has 0 fully saturated rings. The molecule has 0 radical (unpaired) electrons. The summed E-state index contributed by atoms with van der Waals surface area (Å²) in [5.41, 5.74) is 6.26. The van der Waals surface area contributed by atoms with Crippen molar-refractivity contribution in [3.8, 4) is 5.75 Å². The quantitative estimate of drug-likeness (QED) is 0.750. The Bertz CT molecular complexity index is 333. The van der Waals surface area contributed by atoms with Crippen molar-refractivity contribution in [2.45, 2.75) is 12.5 Å². The van der Waals surface area contributed by atoms with Crippen LogP contribution in [0.25, 0.3) is 0 Å². The molecule has 0 aliphatic heterocycles. The molecule has 15 heavy (non-hydrogen) atoms. The molecule has 0 spiro atoms. The maximum Gasteiger partial charge on any atom is 0.235 e. The van der Waals surface area contributed by atoms with Gasteiger partial charge in [-0.25, -0.2) is 0 Å². The average Bonchev–Trinajstić information content (AvgIpc) is 2.15. The lowest BCUT2D eigenvalue weighted by atomic mass is 10.0. The van der Waals surface area contributed by atoms with Gasteiger partial charge in [0.15, 0.2) is 0 Å². The number of benzene rings is 1. The van der Waals surface area contributed by atoms with Crippen molar-refractivity contribution >= 4 is 5.91 Å². The van der Waals surface area contributed by atoms with E-state index in [0.29, 0.717) is 6.42 Å². The minimum Gasteiger partial charge on any atom is -0.508 e. The van der Waals surface area contributed by atoms with Crippen LogP contribution in [0.3, 0.4) is 0 Å². The van der Waals surface area contributed by atoms with Crippen LogP contribution in [0, 0.1) is 0 Å². The van der Waals surface area contributed by atoms with Gasteiger partial charge in [-0.05, 0) is 38.2 Å². The number of nitrogens with two attached hydrogens (primary N) is 1. The Morgan fingerprint density at radius 2 is 1.93 bits per heavy atom. The van der Waals surface area contributed by atoms with Gasteiger partial charge in [-0.3, -0.25) is 9.69 Å². The van der Waals surface area contributed by atoms with Crippen molar-refractivity contribution in [2.24, 2.45) is 5.73 Å². The summed E-state index contributed by atoms with van der Waals surface area (Å²) in [6, 6.07) is 6.46. The van der Waals surface area contributed by atoms with Crippen molar-refractivity contribution in [1.82, 2.24) is 4.90 Å². The number of likely N-dealkylation sites (N-methyl/N-ethyl adjacent to an activating group) is 1. The van der Waals surface area contributed by atoms with Crippen LogP contribution in [0.1, 0.15) is 5.56 Å². The molecule has 1 aromatic carbocycles. The largest absolute Gasteiger partial charge is 0.508 e. The first kappa shape index (κ1) is 11.5. The molecule has 1 aromatic rings. The highest BCUT2D eigenvalue weighted by molar-refractivity contribution is 5.80. The highest BCUT2D eigenvalue weighted by atomic mass is 16.3. The number of primary amides is 1. The first-order valence-electron chi connectivity index (χ1n) is 4.74. The van der Waals surface area contributed by atoms with Gasteiger partial charge in [-0.1, -0.05) is 12.1 Å². The van der Waals surface area contributed by atoms with Crippen LogP contribution in [0.2, 0.25) is 0 Å². The Hall–Kier alpha value is -1.55. The van der Waals surface area contributed by atoms with Crippen LogP contribution in [-0.4, -0.2) is 36.1 Å². The molecule has 0 saturated carbocycles. The van der Waals surface area contributed by atoms with Crippen LogP contribution in [0.5, 0.6) is 5.75 Å². The molecule has 0 bridgehead atoms. The number of hydrogen-bond donors (Lipinski definition) is 2. The zero-order valence-electron chi connectivity index (χ0n) is 8.97. The van der Waals surface area contributed by atoms with Crippen molar-refractivity contribution in [3.63, 3.8) is 0 Å². The summed E-state index contributed by atoms with van der Waals surface area (Å²) in [5.74, 6) is -0.118. The predicted octanol–water partition coefficient (Wildman–Crippen LogP) is 0.350. The molecule has 0 saturated heterocycles. The molecule has 3 N–H and O–H groups in total. The van der Waals surface area contributed by atoms with Gasteiger partial charge in [0.05, 0.1) is 6.04 Å². The highest BCUT2D eigenvalue weighted by Gasteiger charge is 2.17. The molecule has 1 amide bonds. The van der Waals surface area contributed by atoms with E-state index in [0.717, 1.165) is 5.56 Å². The number of amides is 1. The number of phenolic OH excluding ortho intramolecular Hbond substituents is 1. The topological polar surface area (TPSA) is 66.6 Å². The maximum absolute atomic E-state index is 11.1. The standard InChI is InChI=1S/C11H16N2O2/c1-13(2)10(11(12)15)7-8-3-5-9(14)6-4-8/h3-6,10,14H,7H2,1-2H3,(H2,12,15). The smallest absolute Gasteiger partial charge is 0.235 e. The summed E-state index contributed by atoms with van der Waals surface area (Å²) in [6.07, 6.45) is 0.558. The summed E-state index contributed by atoms with van der Waals surface area (Å²) >= 11 is 0. The zero-order valence-corrected chi connectivity index (χ0v) is 8.97. The van der Waals surface area contributed by atoms with Gasteiger partial charge < -0.3 is 10.8 Å². The van der Waals surface area contributed by atoms with Crippen LogP contribution in [0.4, 0.5) is 0 Å². The fraction of sp³-hybridized carbons (Fsp3) is 0.364. The van der Waals surface area contributed by atoms with E-state index in [2.05, 4.69) is 0 Å².